The number of halogens is 3. The second-order valence-electron chi connectivity index (χ2n) is 9.13. The number of carbonyl (C=O) groups excluding carboxylic acids is 1. The number of pyridine rings is 2. The van der Waals surface area contributed by atoms with E-state index >= 15 is 4.39 Å². The van der Waals surface area contributed by atoms with Crippen LogP contribution in [0.15, 0.2) is 78.1 Å². The van der Waals surface area contributed by atoms with Gasteiger partial charge in [0.2, 0.25) is 11.7 Å². The van der Waals surface area contributed by atoms with Crippen LogP contribution in [0.1, 0.15) is 15.9 Å². The molecule has 5 aromatic rings. The van der Waals surface area contributed by atoms with Crippen molar-refractivity contribution in [3.05, 3.63) is 102 Å². The number of aromatic amines is 1. The highest BCUT2D eigenvalue weighted by atomic mass is 32.2. The molecule has 0 aliphatic rings. The number of likely N-dealkylation sites (N-methyl/N-ethyl adjacent to an activating group) is 1. The number of benzene rings is 2. The van der Waals surface area contributed by atoms with Gasteiger partial charge in [-0.3, -0.25) is 4.79 Å². The Labute approximate surface area is 232 Å². The van der Waals surface area contributed by atoms with E-state index in [-0.39, 0.29) is 11.3 Å². The van der Waals surface area contributed by atoms with Crippen molar-refractivity contribution in [1.82, 2.24) is 19.9 Å². The maximum Gasteiger partial charge on any atom is 0.213 e. The minimum absolute atomic E-state index is 0.0636. The first-order valence-corrected chi connectivity index (χ1v) is 13.0. The maximum absolute atomic E-state index is 15.4. The van der Waals surface area contributed by atoms with E-state index in [1.165, 1.54) is 30.5 Å². The molecule has 0 spiro atoms. The van der Waals surface area contributed by atoms with Crippen LogP contribution in [-0.4, -0.2) is 52.9 Å². The summed E-state index contributed by atoms with van der Waals surface area (Å²) in [6.45, 7) is 1.25. The molecule has 40 heavy (non-hydrogen) atoms. The Bertz CT molecular complexity index is 1670. The molecule has 11 heteroatoms. The van der Waals surface area contributed by atoms with E-state index in [1.807, 2.05) is 25.1 Å². The van der Waals surface area contributed by atoms with Crippen molar-refractivity contribution < 1.29 is 22.7 Å². The summed E-state index contributed by atoms with van der Waals surface area (Å²) in [4.78, 5) is 27.5. The highest BCUT2D eigenvalue weighted by molar-refractivity contribution is 8.00. The molecule has 0 radical (unpaired) electrons. The number of hydrogen-bond donors (Lipinski definition) is 2. The standard InChI is InChI=1S/C29H24F3N5O2S/c1-37(2)10-11-39-25-9-6-17(14-33-25)18-12-21-22(16-35-29(21)34-15-18)28(38)26-23(31)7-8-24(27(26)32)36-40-20-5-3-4-19(30)13-20/h3-9,12-16,36H,10-11H2,1-2H3,(H,34,35). The first-order valence-electron chi connectivity index (χ1n) is 12.2. The van der Waals surface area contributed by atoms with E-state index < -0.39 is 28.8 Å². The van der Waals surface area contributed by atoms with E-state index in [2.05, 4.69) is 19.7 Å². The zero-order valence-corrected chi connectivity index (χ0v) is 22.4. The van der Waals surface area contributed by atoms with Gasteiger partial charge < -0.3 is 19.3 Å². The van der Waals surface area contributed by atoms with Crippen LogP contribution >= 0.6 is 11.9 Å². The molecule has 0 aliphatic carbocycles. The molecule has 0 fully saturated rings. The Hall–Kier alpha value is -4.35. The van der Waals surface area contributed by atoms with E-state index in [4.69, 9.17) is 4.74 Å². The summed E-state index contributed by atoms with van der Waals surface area (Å²) in [6.07, 6.45) is 4.63. The molecule has 7 nitrogen and oxygen atoms in total. The van der Waals surface area contributed by atoms with Crippen molar-refractivity contribution >= 4 is 34.5 Å². The molecule has 0 aliphatic heterocycles. The first-order chi connectivity index (χ1) is 19.3. The zero-order valence-electron chi connectivity index (χ0n) is 21.5. The van der Waals surface area contributed by atoms with Gasteiger partial charge in [-0.2, -0.15) is 0 Å². The number of carbonyl (C=O) groups is 1. The number of ketones is 1. The number of anilines is 1. The Morgan fingerprint density at radius 3 is 2.60 bits per heavy atom. The number of rotatable bonds is 10. The molecular weight excluding hydrogens is 539 g/mol. The zero-order chi connectivity index (χ0) is 28.2. The van der Waals surface area contributed by atoms with Crippen molar-refractivity contribution in [3.8, 4) is 17.0 Å². The summed E-state index contributed by atoms with van der Waals surface area (Å²) in [5, 5.41) is 0.403. The number of ether oxygens (including phenoxy) is 1. The summed E-state index contributed by atoms with van der Waals surface area (Å²) >= 11 is 0.937. The van der Waals surface area contributed by atoms with E-state index in [0.29, 0.717) is 34.0 Å². The highest BCUT2D eigenvalue weighted by Gasteiger charge is 2.25. The molecule has 2 aromatic carbocycles. The summed E-state index contributed by atoms with van der Waals surface area (Å²) in [5.41, 5.74) is 1.02. The normalized spacial score (nSPS) is 11.2. The quantitative estimate of drug-likeness (QED) is 0.152. The molecule has 0 saturated heterocycles. The summed E-state index contributed by atoms with van der Waals surface area (Å²) in [5.74, 6) is -2.87. The fourth-order valence-electron chi connectivity index (χ4n) is 3.94. The average Bonchev–Trinajstić information content (AvgIpc) is 3.36. The molecule has 3 aromatic heterocycles. The average molecular weight is 564 g/mol. The Morgan fingerprint density at radius 2 is 1.85 bits per heavy atom. The molecule has 3 heterocycles. The van der Waals surface area contributed by atoms with Crippen LogP contribution in [-0.2, 0) is 0 Å². The van der Waals surface area contributed by atoms with Gasteiger partial charge in [0.15, 0.2) is 5.82 Å². The maximum atomic E-state index is 15.4. The van der Waals surface area contributed by atoms with Gasteiger partial charge in [0.25, 0.3) is 0 Å². The minimum Gasteiger partial charge on any atom is -0.476 e. The van der Waals surface area contributed by atoms with Crippen molar-refractivity contribution in [2.75, 3.05) is 32.0 Å². The summed E-state index contributed by atoms with van der Waals surface area (Å²) in [7, 11) is 3.90. The Balaban J connectivity index is 1.40. The predicted molar refractivity (Wildman–Crippen MR) is 149 cm³/mol. The summed E-state index contributed by atoms with van der Waals surface area (Å²) in [6, 6.07) is 13.2. The molecule has 5 rings (SSSR count). The van der Waals surface area contributed by atoms with Crippen LogP contribution in [0, 0.1) is 17.5 Å². The van der Waals surface area contributed by atoms with Crippen LogP contribution in [0.2, 0.25) is 0 Å². The number of nitrogens with zero attached hydrogens (tertiary/aromatic N) is 3. The number of fused-ring (bicyclic) bond motifs is 1. The fraction of sp³-hybridized carbons (Fsp3) is 0.138. The molecule has 0 saturated carbocycles. The van der Waals surface area contributed by atoms with Gasteiger partial charge in [0.05, 0.1) is 11.3 Å². The van der Waals surface area contributed by atoms with Gasteiger partial charge in [-0.05, 0) is 68.5 Å². The molecule has 0 bridgehead atoms. The van der Waals surface area contributed by atoms with E-state index in [1.54, 1.807) is 30.6 Å². The smallest absolute Gasteiger partial charge is 0.213 e. The number of nitrogens with one attached hydrogen (secondary N) is 2. The molecule has 0 amide bonds. The van der Waals surface area contributed by atoms with Crippen LogP contribution < -0.4 is 9.46 Å². The lowest BCUT2D eigenvalue weighted by molar-refractivity contribution is 0.103. The van der Waals surface area contributed by atoms with Crippen molar-refractivity contribution in [3.63, 3.8) is 0 Å². The van der Waals surface area contributed by atoms with E-state index in [9.17, 15) is 13.6 Å². The highest BCUT2D eigenvalue weighted by Crippen LogP contribution is 2.31. The van der Waals surface area contributed by atoms with Gasteiger partial charge in [0, 0.05) is 58.2 Å². The minimum atomic E-state index is -1.05. The fourth-order valence-corrected chi connectivity index (χ4v) is 4.64. The van der Waals surface area contributed by atoms with Gasteiger partial charge in [-0.25, -0.2) is 23.1 Å². The number of hydrogen-bond acceptors (Lipinski definition) is 7. The largest absolute Gasteiger partial charge is 0.476 e. The first kappa shape index (κ1) is 27.2. The van der Waals surface area contributed by atoms with Gasteiger partial charge in [-0.1, -0.05) is 6.07 Å². The van der Waals surface area contributed by atoms with E-state index in [0.717, 1.165) is 30.1 Å². The Kier molecular flexibility index (Phi) is 8.04. The van der Waals surface area contributed by atoms with Gasteiger partial charge in [-0.15, -0.1) is 0 Å². The SMILES string of the molecule is CN(C)CCOc1ccc(-c2cnc3[nH]cc(C(=O)c4c(F)ccc(NSc5cccc(F)c5)c4F)c3c2)cn1. The monoisotopic (exact) mass is 563 g/mol. The molecule has 0 unspecified atom stereocenters. The second kappa shape index (κ2) is 11.8. The number of aromatic nitrogens is 3. The van der Waals surface area contributed by atoms with Gasteiger partial charge in [0.1, 0.15) is 23.9 Å². The van der Waals surface area contributed by atoms with Crippen molar-refractivity contribution in [1.29, 1.82) is 0 Å². The lowest BCUT2D eigenvalue weighted by Crippen LogP contribution is -2.19. The molecule has 2 N–H and O–H groups in total. The third kappa shape index (κ3) is 5.95. The lowest BCUT2D eigenvalue weighted by Gasteiger charge is -2.11. The summed E-state index contributed by atoms with van der Waals surface area (Å²) < 4.78 is 52.1. The molecular formula is C29H24F3N5O2S. The van der Waals surface area contributed by atoms with Crippen LogP contribution in [0.5, 0.6) is 5.88 Å². The predicted octanol–water partition coefficient (Wildman–Crippen LogP) is 6.33. The third-order valence-corrected chi connectivity index (χ3v) is 6.84. The Morgan fingerprint density at radius 1 is 1.02 bits per heavy atom. The topological polar surface area (TPSA) is 83.1 Å². The van der Waals surface area contributed by atoms with Crippen molar-refractivity contribution in [2.45, 2.75) is 4.90 Å². The van der Waals surface area contributed by atoms with Crippen LogP contribution in [0.4, 0.5) is 18.9 Å². The lowest BCUT2D eigenvalue weighted by atomic mass is 10.00. The molecule has 0 atom stereocenters. The van der Waals surface area contributed by atoms with Crippen LogP contribution in [0.3, 0.4) is 0 Å². The number of H-pyrrole nitrogens is 1. The van der Waals surface area contributed by atoms with Gasteiger partial charge >= 0.3 is 0 Å². The van der Waals surface area contributed by atoms with Crippen molar-refractivity contribution in [2.24, 2.45) is 0 Å². The second-order valence-corrected chi connectivity index (χ2v) is 10.0. The van der Waals surface area contributed by atoms with Crippen LogP contribution in [0.25, 0.3) is 22.2 Å². The molecule has 204 valence electrons. The third-order valence-electron chi connectivity index (χ3n) is 6.03.